The highest BCUT2D eigenvalue weighted by molar-refractivity contribution is 5.85. The van der Waals surface area contributed by atoms with Crippen molar-refractivity contribution in [3.63, 3.8) is 0 Å². The van der Waals surface area contributed by atoms with Gasteiger partial charge in [0.1, 0.15) is 11.9 Å². The molecule has 1 amide bonds. The number of nitrogens with one attached hydrogen (secondary N) is 2. The molecular weight excluding hydrogens is 416 g/mol. The molecule has 172 valence electrons. The summed E-state index contributed by atoms with van der Waals surface area (Å²) in [4.78, 5) is 25.9. The topological polar surface area (TPSA) is 90.0 Å². The second kappa shape index (κ2) is 7.97. The van der Waals surface area contributed by atoms with Gasteiger partial charge in [-0.3, -0.25) is 9.89 Å². The molecule has 1 aliphatic heterocycles. The molecule has 3 heterocycles. The molecule has 0 bridgehead atoms. The van der Waals surface area contributed by atoms with Crippen LogP contribution in [0.3, 0.4) is 0 Å². The molecule has 10 heteroatoms. The number of likely N-dealkylation sites (N-methyl/N-ethyl adjacent to an activating group) is 1. The van der Waals surface area contributed by atoms with Crippen molar-refractivity contribution in [2.45, 2.75) is 69.2 Å². The third kappa shape index (κ3) is 3.91. The van der Waals surface area contributed by atoms with Crippen molar-refractivity contribution >= 4 is 23.5 Å². The van der Waals surface area contributed by atoms with Gasteiger partial charge in [0, 0.05) is 56.7 Å². The molecule has 2 aromatic heterocycles. The van der Waals surface area contributed by atoms with Gasteiger partial charge < -0.3 is 15.1 Å². The SMILES string of the molecule is CN(C)C(=O)C1CCCN1c1nc2c(c(Nc3cc(C4CCC(F)(F)C4)[nH]n3)n1)CCC2. The summed E-state index contributed by atoms with van der Waals surface area (Å²) < 4.78 is 27.2. The Bertz CT molecular complexity index is 1020. The van der Waals surface area contributed by atoms with E-state index in [0.29, 0.717) is 24.0 Å². The van der Waals surface area contributed by atoms with E-state index in [-0.39, 0.29) is 30.7 Å². The molecule has 2 N–H and O–H groups in total. The van der Waals surface area contributed by atoms with E-state index in [1.54, 1.807) is 19.0 Å². The summed E-state index contributed by atoms with van der Waals surface area (Å²) in [7, 11) is 3.54. The van der Waals surface area contributed by atoms with Crippen LogP contribution in [0.15, 0.2) is 6.07 Å². The van der Waals surface area contributed by atoms with E-state index >= 15 is 0 Å². The van der Waals surface area contributed by atoms with Crippen LogP contribution >= 0.6 is 0 Å². The lowest BCUT2D eigenvalue weighted by Gasteiger charge is -2.27. The molecule has 8 nitrogen and oxygen atoms in total. The lowest BCUT2D eigenvalue weighted by atomic mass is 10.0. The number of rotatable bonds is 5. The first kappa shape index (κ1) is 21.1. The van der Waals surface area contributed by atoms with Crippen LogP contribution in [0.25, 0.3) is 0 Å². The van der Waals surface area contributed by atoms with Gasteiger partial charge in [-0.05, 0) is 38.5 Å². The van der Waals surface area contributed by atoms with Gasteiger partial charge in [0.25, 0.3) is 0 Å². The average molecular weight is 446 g/mol. The van der Waals surface area contributed by atoms with E-state index in [2.05, 4.69) is 15.5 Å². The molecule has 32 heavy (non-hydrogen) atoms. The molecule has 2 unspecified atom stereocenters. The monoisotopic (exact) mass is 445 g/mol. The van der Waals surface area contributed by atoms with Gasteiger partial charge in [-0.1, -0.05) is 0 Å². The van der Waals surface area contributed by atoms with Gasteiger partial charge in [0.2, 0.25) is 17.8 Å². The second-order valence-electron chi connectivity index (χ2n) is 9.36. The molecule has 0 radical (unpaired) electrons. The summed E-state index contributed by atoms with van der Waals surface area (Å²) in [6, 6.07) is 1.56. The number of aryl methyl sites for hydroxylation is 1. The van der Waals surface area contributed by atoms with E-state index in [1.165, 1.54) is 0 Å². The van der Waals surface area contributed by atoms with Gasteiger partial charge in [-0.15, -0.1) is 0 Å². The van der Waals surface area contributed by atoms with E-state index in [9.17, 15) is 13.6 Å². The van der Waals surface area contributed by atoms with Crippen molar-refractivity contribution in [1.29, 1.82) is 0 Å². The van der Waals surface area contributed by atoms with Crippen molar-refractivity contribution in [3.8, 4) is 0 Å². The first-order chi connectivity index (χ1) is 15.3. The molecule has 0 spiro atoms. The molecule has 1 saturated carbocycles. The fourth-order valence-corrected chi connectivity index (χ4v) is 5.16. The number of halogens is 2. The highest BCUT2D eigenvalue weighted by Crippen LogP contribution is 2.44. The number of carbonyl (C=O) groups is 1. The predicted octanol–water partition coefficient (Wildman–Crippen LogP) is 3.39. The van der Waals surface area contributed by atoms with Crippen molar-refractivity contribution in [2.75, 3.05) is 30.9 Å². The summed E-state index contributed by atoms with van der Waals surface area (Å²) in [5.74, 6) is -0.913. The van der Waals surface area contributed by atoms with Gasteiger partial charge in [0.15, 0.2) is 5.82 Å². The summed E-state index contributed by atoms with van der Waals surface area (Å²) in [5.41, 5.74) is 2.80. The van der Waals surface area contributed by atoms with Crippen molar-refractivity contribution in [2.24, 2.45) is 0 Å². The fraction of sp³-hybridized carbons (Fsp3) is 0.636. The first-order valence-corrected chi connectivity index (χ1v) is 11.4. The number of aromatic amines is 1. The number of fused-ring (bicyclic) bond motifs is 1. The maximum atomic E-state index is 13.6. The van der Waals surface area contributed by atoms with Gasteiger partial charge >= 0.3 is 0 Å². The Morgan fingerprint density at radius 3 is 2.84 bits per heavy atom. The third-order valence-corrected chi connectivity index (χ3v) is 6.84. The van der Waals surface area contributed by atoms with Crippen LogP contribution < -0.4 is 10.2 Å². The lowest BCUT2D eigenvalue weighted by molar-refractivity contribution is -0.129. The second-order valence-corrected chi connectivity index (χ2v) is 9.36. The van der Waals surface area contributed by atoms with E-state index in [1.807, 2.05) is 11.0 Å². The Kier molecular flexibility index (Phi) is 5.25. The standard InChI is InChI=1S/C22H29F2N7O/c1-30(2)20(32)17-7-4-10-31(17)21-25-15-6-3-5-14(15)19(27-21)26-18-11-16(28-29-18)13-8-9-22(23,24)12-13/h11,13,17H,3-10,12H2,1-2H3,(H2,25,26,27,28,29). The van der Waals surface area contributed by atoms with Crippen LogP contribution in [0.1, 0.15) is 61.4 Å². The Morgan fingerprint density at radius 2 is 2.09 bits per heavy atom. The lowest BCUT2D eigenvalue weighted by Crippen LogP contribution is -2.43. The van der Waals surface area contributed by atoms with Crippen molar-refractivity contribution in [3.05, 3.63) is 23.0 Å². The minimum Gasteiger partial charge on any atom is -0.347 e. The molecular formula is C22H29F2N7O. The highest BCUT2D eigenvalue weighted by atomic mass is 19.3. The van der Waals surface area contributed by atoms with Gasteiger partial charge in [0.05, 0.1) is 5.69 Å². The number of H-pyrrole nitrogens is 1. The maximum absolute atomic E-state index is 13.6. The molecule has 2 fully saturated rings. The molecule has 5 rings (SSSR count). The Labute approximate surface area is 185 Å². The minimum absolute atomic E-state index is 0.0615. The molecule has 1 saturated heterocycles. The number of anilines is 3. The molecule has 0 aromatic carbocycles. The van der Waals surface area contributed by atoms with Crippen LogP contribution in [0.2, 0.25) is 0 Å². The Balaban J connectivity index is 1.40. The average Bonchev–Trinajstić information content (AvgIpc) is 3.53. The number of carbonyl (C=O) groups excluding carboxylic acids is 1. The maximum Gasteiger partial charge on any atom is 0.248 e. The minimum atomic E-state index is -2.60. The smallest absolute Gasteiger partial charge is 0.248 e. The predicted molar refractivity (Wildman–Crippen MR) is 117 cm³/mol. The largest absolute Gasteiger partial charge is 0.347 e. The number of nitrogens with zero attached hydrogens (tertiary/aromatic N) is 5. The van der Waals surface area contributed by atoms with E-state index < -0.39 is 5.92 Å². The van der Waals surface area contributed by atoms with Crippen molar-refractivity contribution in [1.82, 2.24) is 25.1 Å². The number of amides is 1. The van der Waals surface area contributed by atoms with Crippen LogP contribution in [0.5, 0.6) is 0 Å². The zero-order valence-electron chi connectivity index (χ0n) is 18.5. The normalized spacial score (nSPS) is 24.1. The summed E-state index contributed by atoms with van der Waals surface area (Å²) >= 11 is 0. The molecule has 2 atom stereocenters. The zero-order chi connectivity index (χ0) is 22.5. The van der Waals surface area contributed by atoms with Crippen LogP contribution in [-0.4, -0.2) is 63.6 Å². The third-order valence-electron chi connectivity index (χ3n) is 6.84. The summed E-state index contributed by atoms with van der Waals surface area (Å²) in [6.07, 6.45) is 4.70. The van der Waals surface area contributed by atoms with Crippen LogP contribution in [0, 0.1) is 0 Å². The number of aromatic nitrogens is 4. The van der Waals surface area contributed by atoms with E-state index in [0.717, 1.165) is 55.6 Å². The summed E-state index contributed by atoms with van der Waals surface area (Å²) in [5, 5.41) is 10.5. The number of hydrogen-bond donors (Lipinski definition) is 2. The van der Waals surface area contributed by atoms with Gasteiger partial charge in [-0.2, -0.15) is 10.1 Å². The van der Waals surface area contributed by atoms with Crippen LogP contribution in [-0.2, 0) is 17.6 Å². The number of alkyl halides is 2. The van der Waals surface area contributed by atoms with Crippen molar-refractivity contribution < 1.29 is 13.6 Å². The van der Waals surface area contributed by atoms with E-state index in [4.69, 9.17) is 9.97 Å². The quantitative estimate of drug-likeness (QED) is 0.733. The summed E-state index contributed by atoms with van der Waals surface area (Å²) in [6.45, 7) is 0.741. The number of hydrogen-bond acceptors (Lipinski definition) is 6. The first-order valence-electron chi connectivity index (χ1n) is 11.4. The Morgan fingerprint density at radius 1 is 1.25 bits per heavy atom. The zero-order valence-corrected chi connectivity index (χ0v) is 18.5. The molecule has 2 aliphatic carbocycles. The fourth-order valence-electron chi connectivity index (χ4n) is 5.16. The Hall–Kier alpha value is -2.78. The molecule has 2 aromatic rings. The molecule has 3 aliphatic rings. The van der Waals surface area contributed by atoms with Crippen LogP contribution in [0.4, 0.5) is 26.4 Å². The van der Waals surface area contributed by atoms with Gasteiger partial charge in [-0.25, -0.2) is 13.8 Å². The highest BCUT2D eigenvalue weighted by Gasteiger charge is 2.40.